The molecule has 1 amide bonds. The summed E-state index contributed by atoms with van der Waals surface area (Å²) < 4.78 is 4.97. The third-order valence-electron chi connectivity index (χ3n) is 2.32. The van der Waals surface area contributed by atoms with E-state index in [2.05, 4.69) is 5.32 Å². The van der Waals surface area contributed by atoms with Gasteiger partial charge in [0.2, 0.25) is 0 Å². The predicted octanol–water partition coefficient (Wildman–Crippen LogP) is 2.25. The standard InChI is InChI=1S/C13H16N2O6/c1-13(2,3)21-12(18)14-10(11(16)17)8-5-4-6-9(7-8)15(19)20/h4-7,10H,1-3H3,(H,14,18)(H,16,17). The number of nitrogens with one attached hydrogen (secondary N) is 1. The lowest BCUT2D eigenvalue weighted by Crippen LogP contribution is -2.38. The second-order valence-electron chi connectivity index (χ2n) is 5.27. The number of alkyl carbamates (subject to hydrolysis) is 1. The maximum Gasteiger partial charge on any atom is 0.408 e. The number of non-ortho nitro benzene ring substituents is 1. The molecule has 114 valence electrons. The molecule has 8 nitrogen and oxygen atoms in total. The van der Waals surface area contributed by atoms with Gasteiger partial charge in [0, 0.05) is 12.1 Å². The molecule has 0 spiro atoms. The highest BCUT2D eigenvalue weighted by Gasteiger charge is 2.26. The summed E-state index contributed by atoms with van der Waals surface area (Å²) >= 11 is 0. The average Bonchev–Trinajstić information content (AvgIpc) is 2.33. The van der Waals surface area contributed by atoms with Gasteiger partial charge in [-0.3, -0.25) is 10.1 Å². The molecule has 8 heteroatoms. The Balaban J connectivity index is 2.97. The first kappa shape index (κ1) is 16.4. The number of hydrogen-bond donors (Lipinski definition) is 2. The highest BCUT2D eigenvalue weighted by atomic mass is 16.6. The third kappa shape index (κ3) is 5.09. The maximum atomic E-state index is 11.6. The van der Waals surface area contributed by atoms with Crippen molar-refractivity contribution in [2.75, 3.05) is 0 Å². The molecule has 1 unspecified atom stereocenters. The normalized spacial score (nSPS) is 12.3. The van der Waals surface area contributed by atoms with Crippen LogP contribution in [0.3, 0.4) is 0 Å². The highest BCUT2D eigenvalue weighted by Crippen LogP contribution is 2.20. The fraction of sp³-hybridized carbons (Fsp3) is 0.385. The number of carbonyl (C=O) groups is 2. The summed E-state index contributed by atoms with van der Waals surface area (Å²) in [6.45, 7) is 4.90. The van der Waals surface area contributed by atoms with Crippen LogP contribution in [0.5, 0.6) is 0 Å². The topological polar surface area (TPSA) is 119 Å². The maximum absolute atomic E-state index is 11.6. The molecule has 21 heavy (non-hydrogen) atoms. The fourth-order valence-corrected chi connectivity index (χ4v) is 1.53. The van der Waals surface area contributed by atoms with Crippen LogP contribution in [0.2, 0.25) is 0 Å². The van der Waals surface area contributed by atoms with Crippen LogP contribution in [0.25, 0.3) is 0 Å². The lowest BCUT2D eigenvalue weighted by atomic mass is 10.1. The van der Waals surface area contributed by atoms with Gasteiger partial charge in [-0.25, -0.2) is 9.59 Å². The molecule has 2 N–H and O–H groups in total. The number of amides is 1. The van der Waals surface area contributed by atoms with E-state index in [-0.39, 0.29) is 11.3 Å². The van der Waals surface area contributed by atoms with Crippen molar-refractivity contribution >= 4 is 17.7 Å². The van der Waals surface area contributed by atoms with Crippen LogP contribution >= 0.6 is 0 Å². The van der Waals surface area contributed by atoms with Gasteiger partial charge in [-0.2, -0.15) is 0 Å². The molecule has 0 bridgehead atoms. The van der Waals surface area contributed by atoms with Crippen molar-refractivity contribution in [3.63, 3.8) is 0 Å². The number of nitrogens with zero attached hydrogens (tertiary/aromatic N) is 1. The Morgan fingerprint density at radius 1 is 1.38 bits per heavy atom. The number of aliphatic carboxylic acids is 1. The van der Waals surface area contributed by atoms with Crippen molar-refractivity contribution < 1.29 is 24.4 Å². The van der Waals surface area contributed by atoms with Crippen molar-refractivity contribution in [2.24, 2.45) is 0 Å². The fourth-order valence-electron chi connectivity index (χ4n) is 1.53. The number of nitro groups is 1. The van der Waals surface area contributed by atoms with Crippen molar-refractivity contribution in [1.82, 2.24) is 5.32 Å². The van der Waals surface area contributed by atoms with Gasteiger partial charge < -0.3 is 15.2 Å². The number of nitro benzene ring substituents is 1. The number of carboxylic acid groups (broad SMARTS) is 1. The molecule has 1 aromatic carbocycles. The molecular weight excluding hydrogens is 280 g/mol. The summed E-state index contributed by atoms with van der Waals surface area (Å²) in [6, 6.07) is 3.62. The van der Waals surface area contributed by atoms with Crippen LogP contribution in [0.4, 0.5) is 10.5 Å². The first-order valence-electron chi connectivity index (χ1n) is 6.07. The van der Waals surface area contributed by atoms with E-state index in [0.717, 1.165) is 6.07 Å². The number of hydrogen-bond acceptors (Lipinski definition) is 5. The van der Waals surface area contributed by atoms with E-state index >= 15 is 0 Å². The first-order chi connectivity index (χ1) is 9.60. The molecule has 0 fully saturated rings. The Kier molecular flexibility index (Phi) is 4.85. The zero-order valence-corrected chi connectivity index (χ0v) is 11.8. The SMILES string of the molecule is CC(C)(C)OC(=O)NC(C(=O)O)c1cccc([N+](=O)[O-])c1. The number of benzene rings is 1. The van der Waals surface area contributed by atoms with Gasteiger partial charge in [0.1, 0.15) is 5.60 Å². The van der Waals surface area contributed by atoms with Gasteiger partial charge in [0.15, 0.2) is 6.04 Å². The summed E-state index contributed by atoms with van der Waals surface area (Å²) in [6.07, 6.45) is -0.915. The quantitative estimate of drug-likeness (QED) is 0.649. The summed E-state index contributed by atoms with van der Waals surface area (Å²) in [5.41, 5.74) is -0.956. The van der Waals surface area contributed by atoms with Gasteiger partial charge >= 0.3 is 12.1 Å². The first-order valence-corrected chi connectivity index (χ1v) is 6.07. The zero-order chi connectivity index (χ0) is 16.2. The second kappa shape index (κ2) is 6.21. The van der Waals surface area contributed by atoms with Gasteiger partial charge in [0.25, 0.3) is 5.69 Å². The number of carboxylic acids is 1. The minimum Gasteiger partial charge on any atom is -0.479 e. The summed E-state index contributed by atoms with van der Waals surface area (Å²) in [7, 11) is 0. The van der Waals surface area contributed by atoms with Crippen molar-refractivity contribution in [1.29, 1.82) is 0 Å². The third-order valence-corrected chi connectivity index (χ3v) is 2.32. The van der Waals surface area contributed by atoms with Crippen molar-refractivity contribution in [2.45, 2.75) is 32.4 Å². The minimum absolute atomic E-state index is 0.0857. The Morgan fingerprint density at radius 3 is 2.48 bits per heavy atom. The van der Waals surface area contributed by atoms with E-state index in [0.29, 0.717) is 0 Å². The highest BCUT2D eigenvalue weighted by molar-refractivity contribution is 5.81. The average molecular weight is 296 g/mol. The van der Waals surface area contributed by atoms with Gasteiger partial charge in [-0.1, -0.05) is 12.1 Å². The molecule has 0 radical (unpaired) electrons. The van der Waals surface area contributed by atoms with Gasteiger partial charge in [-0.05, 0) is 26.3 Å². The Labute approximate surface area is 120 Å². The second-order valence-corrected chi connectivity index (χ2v) is 5.27. The Morgan fingerprint density at radius 2 is 2.00 bits per heavy atom. The van der Waals surface area contributed by atoms with Crippen LogP contribution in [0.15, 0.2) is 24.3 Å². The zero-order valence-electron chi connectivity index (χ0n) is 11.8. The molecule has 0 aliphatic heterocycles. The van der Waals surface area contributed by atoms with E-state index in [1.54, 1.807) is 20.8 Å². The summed E-state index contributed by atoms with van der Waals surface area (Å²) in [5.74, 6) is -1.35. The van der Waals surface area contributed by atoms with E-state index in [1.165, 1.54) is 18.2 Å². The lowest BCUT2D eigenvalue weighted by Gasteiger charge is -2.22. The molecule has 0 heterocycles. The number of carbonyl (C=O) groups excluding carboxylic acids is 1. The summed E-state index contributed by atoms with van der Waals surface area (Å²) in [4.78, 5) is 32.9. The lowest BCUT2D eigenvalue weighted by molar-refractivity contribution is -0.384. The van der Waals surface area contributed by atoms with Crippen LogP contribution in [0.1, 0.15) is 32.4 Å². The minimum atomic E-state index is -1.43. The van der Waals surface area contributed by atoms with E-state index in [9.17, 15) is 19.7 Å². The van der Waals surface area contributed by atoms with E-state index < -0.39 is 28.6 Å². The van der Waals surface area contributed by atoms with Crippen LogP contribution < -0.4 is 5.32 Å². The monoisotopic (exact) mass is 296 g/mol. The molecule has 0 saturated heterocycles. The summed E-state index contributed by atoms with van der Waals surface area (Å²) in [5, 5.41) is 22.0. The molecule has 0 aliphatic rings. The Hall–Kier alpha value is -2.64. The van der Waals surface area contributed by atoms with E-state index in [4.69, 9.17) is 9.84 Å². The molecule has 1 atom stereocenters. The van der Waals surface area contributed by atoms with Crippen LogP contribution in [-0.2, 0) is 9.53 Å². The van der Waals surface area contributed by atoms with E-state index in [1.807, 2.05) is 0 Å². The molecule has 1 aromatic rings. The molecule has 0 aliphatic carbocycles. The number of rotatable bonds is 4. The Bertz CT molecular complexity index is 564. The van der Waals surface area contributed by atoms with Gasteiger partial charge in [-0.15, -0.1) is 0 Å². The van der Waals surface area contributed by atoms with Crippen molar-refractivity contribution in [3.8, 4) is 0 Å². The molecule has 1 rings (SSSR count). The molecular formula is C13H16N2O6. The molecule has 0 aromatic heterocycles. The smallest absolute Gasteiger partial charge is 0.408 e. The van der Waals surface area contributed by atoms with Gasteiger partial charge in [0.05, 0.1) is 4.92 Å². The molecule has 0 saturated carbocycles. The van der Waals surface area contributed by atoms with Crippen LogP contribution in [0, 0.1) is 10.1 Å². The van der Waals surface area contributed by atoms with Crippen LogP contribution in [-0.4, -0.2) is 27.7 Å². The predicted molar refractivity (Wildman–Crippen MR) is 72.8 cm³/mol. The van der Waals surface area contributed by atoms with Crippen molar-refractivity contribution in [3.05, 3.63) is 39.9 Å². The number of ether oxygens (including phenoxy) is 1. The largest absolute Gasteiger partial charge is 0.479 e.